The molecule has 0 aliphatic rings. The maximum atomic E-state index is 13.4. The van der Waals surface area contributed by atoms with Gasteiger partial charge in [-0.25, -0.2) is 4.98 Å². The van der Waals surface area contributed by atoms with Crippen LogP contribution in [0.5, 0.6) is 11.5 Å². The first kappa shape index (κ1) is 20.4. The zero-order valence-electron chi connectivity index (χ0n) is 18.0. The Balaban J connectivity index is 1.86. The number of ether oxygens (including phenoxy) is 2. The molecule has 5 heteroatoms. The van der Waals surface area contributed by atoms with E-state index in [1.807, 2.05) is 68.4 Å². The van der Waals surface area contributed by atoms with Crippen molar-refractivity contribution in [1.82, 2.24) is 4.98 Å². The van der Waals surface area contributed by atoms with Gasteiger partial charge < -0.3 is 14.8 Å². The standard InChI is InChI=1S/C26H24N2O3/c1-16-11-17(2)25-22(12-16)23(26(29)27-19-8-6-10-21(14-19)31-4)15-24(28-25)18-7-5-9-20(13-18)30-3/h5-15H,1-4H3,(H,27,29). The van der Waals surface area contributed by atoms with E-state index in [2.05, 4.69) is 11.4 Å². The van der Waals surface area contributed by atoms with E-state index >= 15 is 0 Å². The molecule has 31 heavy (non-hydrogen) atoms. The lowest BCUT2D eigenvalue weighted by atomic mass is 9.99. The molecule has 0 fully saturated rings. The Morgan fingerprint density at radius 2 is 1.58 bits per heavy atom. The van der Waals surface area contributed by atoms with Crippen LogP contribution >= 0.6 is 0 Å². The molecule has 0 unspecified atom stereocenters. The fraction of sp³-hybridized carbons (Fsp3) is 0.154. The van der Waals surface area contributed by atoms with Gasteiger partial charge in [0.05, 0.1) is 31.0 Å². The van der Waals surface area contributed by atoms with E-state index < -0.39 is 0 Å². The lowest BCUT2D eigenvalue weighted by Crippen LogP contribution is -2.13. The summed E-state index contributed by atoms with van der Waals surface area (Å²) in [5, 5.41) is 3.82. The topological polar surface area (TPSA) is 60.5 Å². The van der Waals surface area contributed by atoms with Crippen molar-refractivity contribution >= 4 is 22.5 Å². The third kappa shape index (κ3) is 4.21. The fourth-order valence-electron chi connectivity index (χ4n) is 3.70. The number of hydrogen-bond acceptors (Lipinski definition) is 4. The SMILES string of the molecule is COc1cccc(NC(=O)c2cc(-c3cccc(OC)c3)nc3c(C)cc(C)cc23)c1. The van der Waals surface area contributed by atoms with Crippen LogP contribution in [0.4, 0.5) is 5.69 Å². The Morgan fingerprint density at radius 1 is 0.871 bits per heavy atom. The van der Waals surface area contributed by atoms with Gasteiger partial charge in [-0.2, -0.15) is 0 Å². The molecular weight excluding hydrogens is 388 g/mol. The van der Waals surface area contributed by atoms with Gasteiger partial charge in [-0.1, -0.05) is 29.8 Å². The summed E-state index contributed by atoms with van der Waals surface area (Å²) in [7, 11) is 3.23. The van der Waals surface area contributed by atoms with E-state index in [4.69, 9.17) is 14.5 Å². The number of methoxy groups -OCH3 is 2. The van der Waals surface area contributed by atoms with Crippen molar-refractivity contribution in [2.75, 3.05) is 19.5 Å². The molecule has 0 spiro atoms. The average molecular weight is 412 g/mol. The highest BCUT2D eigenvalue weighted by Gasteiger charge is 2.16. The van der Waals surface area contributed by atoms with Crippen molar-refractivity contribution in [2.24, 2.45) is 0 Å². The monoisotopic (exact) mass is 412 g/mol. The predicted molar refractivity (Wildman–Crippen MR) is 124 cm³/mol. The normalized spacial score (nSPS) is 10.7. The molecule has 156 valence electrons. The van der Waals surface area contributed by atoms with Gasteiger partial charge in [0.2, 0.25) is 0 Å². The third-order valence-corrected chi connectivity index (χ3v) is 5.19. The lowest BCUT2D eigenvalue weighted by molar-refractivity contribution is 0.102. The molecule has 0 saturated heterocycles. The molecule has 0 aliphatic heterocycles. The van der Waals surface area contributed by atoms with Gasteiger partial charge in [-0.15, -0.1) is 0 Å². The largest absolute Gasteiger partial charge is 0.497 e. The molecule has 1 aromatic heterocycles. The van der Waals surface area contributed by atoms with Crippen molar-refractivity contribution in [3.05, 3.63) is 83.4 Å². The van der Waals surface area contributed by atoms with Crippen LogP contribution in [-0.2, 0) is 0 Å². The maximum Gasteiger partial charge on any atom is 0.256 e. The summed E-state index contributed by atoms with van der Waals surface area (Å²) >= 11 is 0. The number of aryl methyl sites for hydroxylation is 2. The minimum Gasteiger partial charge on any atom is -0.497 e. The van der Waals surface area contributed by atoms with E-state index in [9.17, 15) is 4.79 Å². The summed E-state index contributed by atoms with van der Waals surface area (Å²) in [6.45, 7) is 4.04. The molecule has 0 radical (unpaired) electrons. The van der Waals surface area contributed by atoms with Crippen LogP contribution in [0.3, 0.4) is 0 Å². The lowest BCUT2D eigenvalue weighted by Gasteiger charge is -2.14. The van der Waals surface area contributed by atoms with Crippen LogP contribution in [0.2, 0.25) is 0 Å². The molecule has 3 aromatic carbocycles. The Labute approximate surface area is 181 Å². The van der Waals surface area contributed by atoms with Gasteiger partial charge in [0.1, 0.15) is 11.5 Å². The number of pyridine rings is 1. The summed E-state index contributed by atoms with van der Waals surface area (Å²) in [6.07, 6.45) is 0. The second kappa shape index (κ2) is 8.48. The molecule has 4 rings (SSSR count). The van der Waals surface area contributed by atoms with E-state index in [0.29, 0.717) is 22.7 Å². The van der Waals surface area contributed by atoms with E-state index in [1.54, 1.807) is 20.3 Å². The molecule has 4 aromatic rings. The summed E-state index contributed by atoms with van der Waals surface area (Å²) in [6, 6.07) is 20.9. The number of amides is 1. The maximum absolute atomic E-state index is 13.4. The number of benzene rings is 3. The van der Waals surface area contributed by atoms with Crippen molar-refractivity contribution < 1.29 is 14.3 Å². The third-order valence-electron chi connectivity index (χ3n) is 5.19. The number of aromatic nitrogens is 1. The van der Waals surface area contributed by atoms with Crippen LogP contribution in [0.15, 0.2) is 66.7 Å². The fourth-order valence-corrected chi connectivity index (χ4v) is 3.70. The van der Waals surface area contributed by atoms with Gasteiger partial charge in [0, 0.05) is 22.7 Å². The second-order valence-electron chi connectivity index (χ2n) is 7.45. The molecule has 5 nitrogen and oxygen atoms in total. The van der Waals surface area contributed by atoms with Crippen LogP contribution in [-0.4, -0.2) is 25.1 Å². The number of hydrogen-bond donors (Lipinski definition) is 1. The Morgan fingerprint density at radius 3 is 2.32 bits per heavy atom. The first-order valence-corrected chi connectivity index (χ1v) is 10.0. The van der Waals surface area contributed by atoms with E-state index in [-0.39, 0.29) is 5.91 Å². The van der Waals surface area contributed by atoms with Gasteiger partial charge in [0.25, 0.3) is 5.91 Å². The number of nitrogens with zero attached hydrogens (tertiary/aromatic N) is 1. The van der Waals surface area contributed by atoms with Crippen LogP contribution in [0, 0.1) is 13.8 Å². The summed E-state index contributed by atoms with van der Waals surface area (Å²) < 4.78 is 10.6. The van der Waals surface area contributed by atoms with Crippen LogP contribution in [0.1, 0.15) is 21.5 Å². The molecule has 1 heterocycles. The highest BCUT2D eigenvalue weighted by atomic mass is 16.5. The number of carbonyl (C=O) groups is 1. The van der Waals surface area contributed by atoms with Gasteiger partial charge in [-0.3, -0.25) is 4.79 Å². The van der Waals surface area contributed by atoms with Crippen molar-refractivity contribution in [3.63, 3.8) is 0 Å². The smallest absolute Gasteiger partial charge is 0.256 e. The Hall–Kier alpha value is -3.86. The zero-order chi connectivity index (χ0) is 22.0. The van der Waals surface area contributed by atoms with Crippen molar-refractivity contribution in [1.29, 1.82) is 0 Å². The Kier molecular flexibility index (Phi) is 5.58. The molecule has 1 N–H and O–H groups in total. The zero-order valence-corrected chi connectivity index (χ0v) is 18.0. The van der Waals surface area contributed by atoms with Gasteiger partial charge in [0.15, 0.2) is 0 Å². The minimum absolute atomic E-state index is 0.199. The highest BCUT2D eigenvalue weighted by molar-refractivity contribution is 6.13. The van der Waals surface area contributed by atoms with E-state index in [0.717, 1.165) is 33.3 Å². The average Bonchev–Trinajstić information content (AvgIpc) is 2.78. The number of fused-ring (bicyclic) bond motifs is 1. The van der Waals surface area contributed by atoms with Gasteiger partial charge >= 0.3 is 0 Å². The number of anilines is 1. The van der Waals surface area contributed by atoms with Crippen LogP contribution in [0.25, 0.3) is 22.2 Å². The highest BCUT2D eigenvalue weighted by Crippen LogP contribution is 2.30. The van der Waals surface area contributed by atoms with Crippen LogP contribution < -0.4 is 14.8 Å². The second-order valence-corrected chi connectivity index (χ2v) is 7.45. The molecular formula is C26H24N2O3. The molecule has 0 bridgehead atoms. The van der Waals surface area contributed by atoms with Crippen molar-refractivity contribution in [2.45, 2.75) is 13.8 Å². The molecule has 0 aliphatic carbocycles. The summed E-state index contributed by atoms with van der Waals surface area (Å²) in [4.78, 5) is 18.2. The number of carbonyl (C=O) groups excluding carboxylic acids is 1. The predicted octanol–water partition coefficient (Wildman–Crippen LogP) is 5.79. The Bertz CT molecular complexity index is 1280. The minimum atomic E-state index is -0.199. The van der Waals surface area contributed by atoms with Crippen molar-refractivity contribution in [3.8, 4) is 22.8 Å². The first-order valence-electron chi connectivity index (χ1n) is 10.0. The van der Waals surface area contributed by atoms with E-state index in [1.165, 1.54) is 0 Å². The quantitative estimate of drug-likeness (QED) is 0.451. The summed E-state index contributed by atoms with van der Waals surface area (Å²) in [5.41, 5.74) is 5.75. The van der Waals surface area contributed by atoms with Gasteiger partial charge in [-0.05, 0) is 55.8 Å². The molecule has 1 amide bonds. The molecule has 0 saturated carbocycles. The summed E-state index contributed by atoms with van der Waals surface area (Å²) in [5.74, 6) is 1.22. The first-order chi connectivity index (χ1) is 15.0. The number of nitrogens with one attached hydrogen (secondary N) is 1. The molecule has 0 atom stereocenters. The number of rotatable bonds is 5.